The van der Waals surface area contributed by atoms with Gasteiger partial charge in [-0.1, -0.05) is 13.8 Å². The Kier molecular flexibility index (Phi) is 4.00. The molecule has 104 valence electrons. The normalized spacial score (nSPS) is 12.4. The molecule has 0 bridgehead atoms. The molecule has 6 heteroatoms. The molecule has 0 aromatic carbocycles. The zero-order chi connectivity index (χ0) is 14.9. The second kappa shape index (κ2) is 5.55. The van der Waals surface area contributed by atoms with E-state index in [1.54, 1.807) is 24.9 Å². The predicted molar refractivity (Wildman–Crippen MR) is 76.8 cm³/mol. The first-order chi connectivity index (χ1) is 9.43. The maximum absolute atomic E-state index is 12.5. The third-order valence-corrected chi connectivity index (χ3v) is 3.98. The fourth-order valence-corrected chi connectivity index (χ4v) is 2.94. The lowest BCUT2D eigenvalue weighted by Gasteiger charge is -2.04. The first-order valence-electron chi connectivity index (χ1n) is 6.33. The number of nitriles is 1. The molecule has 20 heavy (non-hydrogen) atoms. The summed E-state index contributed by atoms with van der Waals surface area (Å²) in [5, 5.41) is 15.9. The van der Waals surface area contributed by atoms with Crippen LogP contribution in [-0.2, 0) is 7.05 Å². The van der Waals surface area contributed by atoms with Crippen LogP contribution in [0.3, 0.4) is 0 Å². The number of ketones is 1. The lowest BCUT2D eigenvalue weighted by molar-refractivity contribution is 0.0978. The number of carbonyl (C=O) groups excluding carboxylic acids is 1. The zero-order valence-electron chi connectivity index (χ0n) is 11.9. The fraction of sp³-hybridized carbons (Fsp3) is 0.429. The highest BCUT2D eigenvalue weighted by molar-refractivity contribution is 7.10. The molecule has 0 radical (unpaired) electrons. The summed E-state index contributed by atoms with van der Waals surface area (Å²) in [7, 11) is 1.76. The van der Waals surface area contributed by atoms with Crippen LogP contribution < -0.4 is 0 Å². The van der Waals surface area contributed by atoms with Gasteiger partial charge in [0.2, 0.25) is 0 Å². The van der Waals surface area contributed by atoms with Crippen molar-refractivity contribution in [3.05, 3.63) is 33.5 Å². The smallest absolute Gasteiger partial charge is 0.190 e. The highest BCUT2D eigenvalue weighted by Gasteiger charge is 2.27. The first-order valence-corrected chi connectivity index (χ1v) is 7.21. The predicted octanol–water partition coefficient (Wildman–Crippen LogP) is 2.80. The standard InChI is InChI=1S/C14H16N4OS/c1-8(2)12-7-20-14(16-12)10(5-15)13(19)11-6-18(4)17-9(11)3/h6-8,10H,1-4H3. The van der Waals surface area contributed by atoms with Gasteiger partial charge >= 0.3 is 0 Å². The van der Waals surface area contributed by atoms with E-state index in [0.29, 0.717) is 16.3 Å². The van der Waals surface area contributed by atoms with Gasteiger partial charge in [-0.15, -0.1) is 11.3 Å². The molecule has 0 aliphatic carbocycles. The summed E-state index contributed by atoms with van der Waals surface area (Å²) in [6.07, 6.45) is 1.65. The molecular formula is C14H16N4OS. The lowest BCUT2D eigenvalue weighted by Crippen LogP contribution is -2.12. The number of thiazole rings is 1. The van der Waals surface area contributed by atoms with Gasteiger partial charge in [-0.25, -0.2) is 4.98 Å². The molecule has 2 aromatic heterocycles. The van der Waals surface area contributed by atoms with Crippen molar-refractivity contribution in [2.24, 2.45) is 7.05 Å². The Morgan fingerprint density at radius 3 is 2.65 bits per heavy atom. The van der Waals surface area contributed by atoms with Crippen LogP contribution in [0.1, 0.15) is 52.4 Å². The van der Waals surface area contributed by atoms with E-state index < -0.39 is 5.92 Å². The summed E-state index contributed by atoms with van der Waals surface area (Å²) in [5.41, 5.74) is 2.04. The highest BCUT2D eigenvalue weighted by atomic mass is 32.1. The number of aromatic nitrogens is 3. The first kappa shape index (κ1) is 14.4. The van der Waals surface area contributed by atoms with Crippen LogP contribution in [0.4, 0.5) is 0 Å². The van der Waals surface area contributed by atoms with Crippen molar-refractivity contribution >= 4 is 17.1 Å². The average molecular weight is 288 g/mol. The third-order valence-electron chi connectivity index (χ3n) is 3.05. The van der Waals surface area contributed by atoms with Crippen LogP contribution in [0.2, 0.25) is 0 Å². The molecule has 0 N–H and O–H groups in total. The van der Waals surface area contributed by atoms with Crippen molar-refractivity contribution in [1.82, 2.24) is 14.8 Å². The highest BCUT2D eigenvalue weighted by Crippen LogP contribution is 2.27. The van der Waals surface area contributed by atoms with Gasteiger partial charge < -0.3 is 0 Å². The minimum absolute atomic E-state index is 0.234. The molecule has 1 unspecified atom stereocenters. The number of Topliss-reactive ketones (excluding diaryl/α,β-unsaturated/α-hetero) is 1. The molecule has 0 saturated carbocycles. The number of rotatable bonds is 4. The summed E-state index contributed by atoms with van der Waals surface area (Å²) in [4.78, 5) is 16.9. The van der Waals surface area contributed by atoms with Crippen molar-refractivity contribution in [3.8, 4) is 6.07 Å². The van der Waals surface area contributed by atoms with Gasteiger partial charge in [-0.05, 0) is 12.8 Å². The van der Waals surface area contributed by atoms with E-state index in [9.17, 15) is 10.1 Å². The minimum atomic E-state index is -0.851. The van der Waals surface area contributed by atoms with Crippen LogP contribution in [0.15, 0.2) is 11.6 Å². The lowest BCUT2D eigenvalue weighted by atomic mass is 10.00. The minimum Gasteiger partial charge on any atom is -0.292 e. The summed E-state index contributed by atoms with van der Waals surface area (Å²) in [6, 6.07) is 2.07. The Labute approximate surface area is 121 Å². The van der Waals surface area contributed by atoms with Gasteiger partial charge in [-0.2, -0.15) is 10.4 Å². The number of hydrogen-bond donors (Lipinski definition) is 0. The molecule has 1 atom stereocenters. The van der Waals surface area contributed by atoms with Gasteiger partial charge in [0.1, 0.15) is 5.01 Å². The molecule has 0 aliphatic heterocycles. The summed E-state index contributed by atoms with van der Waals surface area (Å²) >= 11 is 1.36. The largest absolute Gasteiger partial charge is 0.292 e. The summed E-state index contributed by atoms with van der Waals surface area (Å²) < 4.78 is 1.58. The second-order valence-corrected chi connectivity index (χ2v) is 5.88. The molecule has 0 saturated heterocycles. The maximum atomic E-state index is 12.5. The van der Waals surface area contributed by atoms with E-state index in [1.165, 1.54) is 11.3 Å². The van der Waals surface area contributed by atoms with Crippen LogP contribution in [0, 0.1) is 18.3 Å². The molecule has 2 rings (SSSR count). The second-order valence-electron chi connectivity index (χ2n) is 4.99. The van der Waals surface area contributed by atoms with Gasteiger partial charge in [0.15, 0.2) is 11.7 Å². The molecule has 0 amide bonds. The molecule has 0 aliphatic rings. The van der Waals surface area contributed by atoms with E-state index in [1.807, 2.05) is 19.2 Å². The maximum Gasteiger partial charge on any atom is 0.190 e. The average Bonchev–Trinajstić information content (AvgIpc) is 2.97. The number of nitrogens with zero attached hydrogens (tertiary/aromatic N) is 4. The zero-order valence-corrected chi connectivity index (χ0v) is 12.7. The molecule has 5 nitrogen and oxygen atoms in total. The number of carbonyl (C=O) groups is 1. The Bertz CT molecular complexity index is 678. The third kappa shape index (κ3) is 2.63. The molecule has 2 heterocycles. The van der Waals surface area contributed by atoms with Gasteiger partial charge in [0.25, 0.3) is 0 Å². The van der Waals surface area contributed by atoms with E-state index >= 15 is 0 Å². The Morgan fingerprint density at radius 1 is 1.50 bits per heavy atom. The van der Waals surface area contributed by atoms with Gasteiger partial charge in [0.05, 0.1) is 23.0 Å². The van der Waals surface area contributed by atoms with Crippen molar-refractivity contribution in [2.75, 3.05) is 0 Å². The Morgan fingerprint density at radius 2 is 2.20 bits per heavy atom. The summed E-state index contributed by atoms with van der Waals surface area (Å²) in [6.45, 7) is 5.84. The Hall–Kier alpha value is -2.00. The Balaban J connectivity index is 2.35. The van der Waals surface area contributed by atoms with E-state index in [0.717, 1.165) is 5.69 Å². The SMILES string of the molecule is Cc1nn(C)cc1C(=O)C(C#N)c1nc(C(C)C)cs1. The summed E-state index contributed by atoms with van der Waals surface area (Å²) in [5.74, 6) is -0.798. The van der Waals surface area contributed by atoms with Crippen LogP contribution in [0.25, 0.3) is 0 Å². The van der Waals surface area contributed by atoms with Gasteiger partial charge in [0, 0.05) is 18.6 Å². The molecule has 2 aromatic rings. The van der Waals surface area contributed by atoms with Crippen molar-refractivity contribution in [1.29, 1.82) is 5.26 Å². The van der Waals surface area contributed by atoms with Crippen molar-refractivity contribution < 1.29 is 4.79 Å². The van der Waals surface area contributed by atoms with Crippen LogP contribution >= 0.6 is 11.3 Å². The number of aryl methyl sites for hydroxylation is 2. The monoisotopic (exact) mass is 288 g/mol. The van der Waals surface area contributed by atoms with Gasteiger partial charge in [-0.3, -0.25) is 9.48 Å². The fourth-order valence-electron chi connectivity index (χ4n) is 1.92. The topological polar surface area (TPSA) is 71.6 Å². The van der Waals surface area contributed by atoms with Crippen LogP contribution in [0.5, 0.6) is 0 Å². The van der Waals surface area contributed by atoms with Crippen LogP contribution in [-0.4, -0.2) is 20.5 Å². The van der Waals surface area contributed by atoms with Crippen molar-refractivity contribution in [2.45, 2.75) is 32.6 Å². The van der Waals surface area contributed by atoms with E-state index in [2.05, 4.69) is 16.2 Å². The quantitative estimate of drug-likeness (QED) is 0.811. The number of hydrogen-bond acceptors (Lipinski definition) is 5. The molecule has 0 fully saturated rings. The van der Waals surface area contributed by atoms with E-state index in [-0.39, 0.29) is 11.7 Å². The van der Waals surface area contributed by atoms with E-state index in [4.69, 9.17) is 0 Å². The molecule has 0 spiro atoms. The van der Waals surface area contributed by atoms with Crippen molar-refractivity contribution in [3.63, 3.8) is 0 Å². The molecular weight excluding hydrogens is 272 g/mol.